The quantitative estimate of drug-likeness (QED) is 0.472. The van der Waals surface area contributed by atoms with E-state index in [1.54, 1.807) is 61.5 Å². The molecular weight excluding hydrogens is 462 g/mol. The molecule has 7 nitrogen and oxygen atoms in total. The Morgan fingerprint density at radius 2 is 1.58 bits per heavy atom. The Hall–Kier alpha value is -3.36. The average Bonchev–Trinajstić information content (AvgIpc) is 2.81. The first kappa shape index (κ1) is 24.3. The minimum atomic E-state index is -3.96. The fraction of sp³-hybridized carbons (Fsp3) is 0.167. The smallest absolute Gasteiger partial charge is 0.265 e. The molecule has 0 spiro atoms. The number of carbonyl (C=O) groups is 2. The van der Waals surface area contributed by atoms with Crippen molar-refractivity contribution in [2.45, 2.75) is 18.2 Å². The van der Waals surface area contributed by atoms with E-state index >= 15 is 0 Å². The summed E-state index contributed by atoms with van der Waals surface area (Å²) in [6.45, 7) is 2.07. The van der Waals surface area contributed by atoms with Gasteiger partial charge in [-0.25, -0.2) is 8.42 Å². The van der Waals surface area contributed by atoms with Gasteiger partial charge in [-0.1, -0.05) is 48.0 Å². The Bertz CT molecular complexity index is 1220. The van der Waals surface area contributed by atoms with Crippen LogP contribution in [-0.2, 0) is 14.8 Å². The number of hydrogen-bond acceptors (Lipinski definition) is 4. The van der Waals surface area contributed by atoms with Gasteiger partial charge in [0.2, 0.25) is 5.91 Å². The average molecular weight is 486 g/mol. The summed E-state index contributed by atoms with van der Waals surface area (Å²) in [7, 11) is -3.96. The van der Waals surface area contributed by atoms with Gasteiger partial charge in [0.25, 0.3) is 15.9 Å². The SMILES string of the molecule is CCN(c1ccccc1)S(=O)(=O)c1cc(NC(=O)CCNC(=O)c2ccccc2)ccc1Cl. The van der Waals surface area contributed by atoms with Gasteiger partial charge in [0.1, 0.15) is 4.90 Å². The minimum absolute atomic E-state index is 0.0222. The highest BCUT2D eigenvalue weighted by Gasteiger charge is 2.26. The number of benzene rings is 3. The molecule has 0 bridgehead atoms. The summed E-state index contributed by atoms with van der Waals surface area (Å²) in [6, 6.07) is 21.7. The van der Waals surface area contributed by atoms with Crippen molar-refractivity contribution in [3.8, 4) is 0 Å². The van der Waals surface area contributed by atoms with Gasteiger partial charge < -0.3 is 10.6 Å². The lowest BCUT2D eigenvalue weighted by Gasteiger charge is -2.23. The van der Waals surface area contributed by atoms with Crippen LogP contribution in [0.4, 0.5) is 11.4 Å². The molecule has 33 heavy (non-hydrogen) atoms. The number of nitrogens with zero attached hydrogens (tertiary/aromatic N) is 1. The summed E-state index contributed by atoms with van der Waals surface area (Å²) >= 11 is 6.22. The van der Waals surface area contributed by atoms with Crippen molar-refractivity contribution in [2.24, 2.45) is 0 Å². The molecule has 0 saturated heterocycles. The van der Waals surface area contributed by atoms with E-state index in [-0.39, 0.29) is 41.2 Å². The first-order valence-electron chi connectivity index (χ1n) is 10.3. The van der Waals surface area contributed by atoms with E-state index in [4.69, 9.17) is 11.6 Å². The van der Waals surface area contributed by atoms with Crippen LogP contribution in [0, 0.1) is 0 Å². The van der Waals surface area contributed by atoms with E-state index in [1.165, 1.54) is 22.5 Å². The van der Waals surface area contributed by atoms with Gasteiger partial charge in [-0.15, -0.1) is 0 Å². The van der Waals surface area contributed by atoms with Crippen molar-refractivity contribution in [3.05, 3.63) is 89.4 Å². The monoisotopic (exact) mass is 485 g/mol. The number of nitrogens with one attached hydrogen (secondary N) is 2. The number of para-hydroxylation sites is 1. The summed E-state index contributed by atoms with van der Waals surface area (Å²) in [5, 5.41) is 5.39. The summed E-state index contributed by atoms with van der Waals surface area (Å²) in [5.74, 6) is -0.645. The molecule has 0 radical (unpaired) electrons. The zero-order valence-corrected chi connectivity index (χ0v) is 19.6. The topological polar surface area (TPSA) is 95.6 Å². The van der Waals surface area contributed by atoms with Crippen molar-refractivity contribution in [1.29, 1.82) is 0 Å². The zero-order valence-electron chi connectivity index (χ0n) is 18.0. The molecule has 0 fully saturated rings. The molecule has 3 aromatic carbocycles. The molecule has 2 amide bonds. The van der Waals surface area contributed by atoms with Crippen LogP contribution in [0.3, 0.4) is 0 Å². The predicted molar refractivity (Wildman–Crippen MR) is 130 cm³/mol. The van der Waals surface area contributed by atoms with Gasteiger partial charge in [0.15, 0.2) is 0 Å². The third-order valence-electron chi connectivity index (χ3n) is 4.79. The number of anilines is 2. The summed E-state index contributed by atoms with van der Waals surface area (Å²) < 4.78 is 27.8. The third-order valence-corrected chi connectivity index (χ3v) is 7.17. The van der Waals surface area contributed by atoms with Gasteiger partial charge in [0, 0.05) is 30.8 Å². The van der Waals surface area contributed by atoms with Crippen LogP contribution in [0.1, 0.15) is 23.7 Å². The molecule has 0 saturated carbocycles. The molecule has 0 atom stereocenters. The van der Waals surface area contributed by atoms with E-state index in [1.807, 2.05) is 6.07 Å². The molecule has 0 aliphatic carbocycles. The van der Waals surface area contributed by atoms with Gasteiger partial charge >= 0.3 is 0 Å². The molecule has 3 aromatic rings. The summed E-state index contributed by atoms with van der Waals surface area (Å²) in [6.07, 6.45) is 0.0222. The number of halogens is 1. The van der Waals surface area contributed by atoms with E-state index in [0.29, 0.717) is 16.9 Å². The van der Waals surface area contributed by atoms with E-state index in [0.717, 1.165) is 0 Å². The van der Waals surface area contributed by atoms with Crippen molar-refractivity contribution in [2.75, 3.05) is 22.7 Å². The second-order valence-corrected chi connectivity index (χ2v) is 9.31. The van der Waals surface area contributed by atoms with Crippen molar-refractivity contribution >= 4 is 44.8 Å². The maximum atomic E-state index is 13.3. The van der Waals surface area contributed by atoms with Gasteiger partial charge in [-0.2, -0.15) is 0 Å². The number of amides is 2. The number of carbonyl (C=O) groups excluding carboxylic acids is 2. The third kappa shape index (κ3) is 6.12. The lowest BCUT2D eigenvalue weighted by Crippen LogP contribution is -2.31. The van der Waals surface area contributed by atoms with Crippen LogP contribution in [0.2, 0.25) is 5.02 Å². The number of hydrogen-bond donors (Lipinski definition) is 2. The van der Waals surface area contributed by atoms with Gasteiger partial charge in [-0.3, -0.25) is 13.9 Å². The normalized spacial score (nSPS) is 11.0. The van der Waals surface area contributed by atoms with Crippen LogP contribution >= 0.6 is 11.6 Å². The molecule has 0 unspecified atom stereocenters. The van der Waals surface area contributed by atoms with Crippen LogP contribution in [0.15, 0.2) is 83.8 Å². The Labute approximate surface area is 198 Å². The Kier molecular flexibility index (Phi) is 8.08. The molecule has 0 heterocycles. The number of sulfonamides is 1. The van der Waals surface area contributed by atoms with Crippen molar-refractivity contribution in [1.82, 2.24) is 5.32 Å². The van der Waals surface area contributed by atoms with Crippen LogP contribution in [0.5, 0.6) is 0 Å². The van der Waals surface area contributed by atoms with Crippen molar-refractivity contribution in [3.63, 3.8) is 0 Å². The zero-order chi connectivity index (χ0) is 23.8. The Balaban J connectivity index is 1.68. The second-order valence-electron chi connectivity index (χ2n) is 7.07. The largest absolute Gasteiger partial charge is 0.352 e. The van der Waals surface area contributed by atoms with Crippen LogP contribution in [0.25, 0.3) is 0 Å². The highest BCUT2D eigenvalue weighted by molar-refractivity contribution is 7.93. The van der Waals surface area contributed by atoms with E-state index < -0.39 is 10.0 Å². The molecule has 0 aliphatic rings. The lowest BCUT2D eigenvalue weighted by molar-refractivity contribution is -0.116. The predicted octanol–water partition coefficient (Wildman–Crippen LogP) is 4.31. The van der Waals surface area contributed by atoms with Crippen LogP contribution in [-0.4, -0.2) is 33.3 Å². The van der Waals surface area contributed by atoms with Gasteiger partial charge in [0.05, 0.1) is 10.7 Å². The minimum Gasteiger partial charge on any atom is -0.352 e. The Morgan fingerprint density at radius 1 is 0.939 bits per heavy atom. The van der Waals surface area contributed by atoms with E-state index in [9.17, 15) is 18.0 Å². The molecule has 9 heteroatoms. The molecule has 3 rings (SSSR count). The molecule has 2 N–H and O–H groups in total. The Morgan fingerprint density at radius 3 is 2.21 bits per heavy atom. The standard InChI is InChI=1S/C24H24ClN3O4S/c1-2-28(20-11-7-4-8-12-20)33(31,32)22-17-19(13-14-21(22)25)27-23(29)15-16-26-24(30)18-9-5-3-6-10-18/h3-14,17H,2,15-16H2,1H3,(H,26,30)(H,27,29). The highest BCUT2D eigenvalue weighted by Crippen LogP contribution is 2.30. The lowest BCUT2D eigenvalue weighted by atomic mass is 10.2. The van der Waals surface area contributed by atoms with Crippen LogP contribution < -0.4 is 14.9 Å². The molecule has 172 valence electrons. The molecule has 0 aromatic heterocycles. The van der Waals surface area contributed by atoms with E-state index in [2.05, 4.69) is 10.6 Å². The summed E-state index contributed by atoms with van der Waals surface area (Å²) in [5.41, 5.74) is 1.31. The number of rotatable bonds is 9. The maximum absolute atomic E-state index is 13.3. The molecular formula is C24H24ClN3O4S. The fourth-order valence-corrected chi connectivity index (χ4v) is 5.16. The molecule has 0 aliphatic heterocycles. The first-order chi connectivity index (χ1) is 15.8. The van der Waals surface area contributed by atoms with Crippen molar-refractivity contribution < 1.29 is 18.0 Å². The highest BCUT2D eigenvalue weighted by atomic mass is 35.5. The second kappa shape index (κ2) is 11.0. The maximum Gasteiger partial charge on any atom is 0.265 e. The summed E-state index contributed by atoms with van der Waals surface area (Å²) in [4.78, 5) is 24.3. The first-order valence-corrected chi connectivity index (χ1v) is 12.1. The van der Waals surface area contributed by atoms with Gasteiger partial charge in [-0.05, 0) is 49.4 Å². The fourth-order valence-electron chi connectivity index (χ4n) is 3.19.